The van der Waals surface area contributed by atoms with Crippen molar-refractivity contribution >= 4 is 0 Å². The van der Waals surface area contributed by atoms with Crippen LogP contribution >= 0.6 is 0 Å². The number of aliphatic hydroxyl groups excluding tert-OH is 1. The fourth-order valence-corrected chi connectivity index (χ4v) is 9.13. The summed E-state index contributed by atoms with van der Waals surface area (Å²) < 4.78 is 12.2. The standard InChI is InChI=1S/C31H47NO4/c1-20(2)32(5)21-8-12-28(3,13-9-21)25-18-29(4)23(6-7-26(29)33)22-10-14-30(34)19-31(35-16-17-36-31)15-11-24(30)27(22)25/h8-9,12,20,22-23,25-26,33-34H,6-7,10-11,13-19H2,1-5H3/t22-,23-,25-,26-,28?,29-,30+/m0/s1. The molecule has 4 fully saturated rings. The van der Waals surface area contributed by atoms with E-state index in [0.29, 0.717) is 43.4 Å². The first kappa shape index (κ1) is 25.2. The third-order valence-corrected chi connectivity index (χ3v) is 11.5. The second-order valence-corrected chi connectivity index (χ2v) is 13.7. The summed E-state index contributed by atoms with van der Waals surface area (Å²) in [6, 6.07) is 0.463. The van der Waals surface area contributed by atoms with Crippen LogP contribution in [0.4, 0.5) is 0 Å². The summed E-state index contributed by atoms with van der Waals surface area (Å²) in [5, 5.41) is 23.4. The molecule has 0 aromatic rings. The highest BCUT2D eigenvalue weighted by Crippen LogP contribution is 2.66. The topological polar surface area (TPSA) is 62.2 Å². The zero-order chi connectivity index (χ0) is 25.5. The van der Waals surface area contributed by atoms with Crippen molar-refractivity contribution in [2.75, 3.05) is 20.3 Å². The van der Waals surface area contributed by atoms with E-state index in [9.17, 15) is 10.2 Å². The molecule has 6 rings (SSSR count). The van der Waals surface area contributed by atoms with E-state index in [1.807, 2.05) is 0 Å². The van der Waals surface area contributed by atoms with E-state index in [0.717, 1.165) is 51.4 Å². The van der Waals surface area contributed by atoms with Gasteiger partial charge in [0.15, 0.2) is 5.79 Å². The molecule has 0 radical (unpaired) electrons. The lowest BCUT2D eigenvalue weighted by molar-refractivity contribution is -0.208. The zero-order valence-electron chi connectivity index (χ0n) is 23.1. The Balaban J connectivity index is 1.41. The van der Waals surface area contributed by atoms with Crippen molar-refractivity contribution in [3.63, 3.8) is 0 Å². The van der Waals surface area contributed by atoms with Gasteiger partial charge in [-0.1, -0.05) is 31.6 Å². The van der Waals surface area contributed by atoms with Crippen LogP contribution in [0.25, 0.3) is 0 Å². The smallest absolute Gasteiger partial charge is 0.171 e. The first-order chi connectivity index (χ1) is 17.0. The molecule has 0 amide bonds. The van der Waals surface area contributed by atoms with Gasteiger partial charge in [0.05, 0.1) is 24.9 Å². The Morgan fingerprint density at radius 3 is 2.50 bits per heavy atom. The van der Waals surface area contributed by atoms with Crippen LogP contribution < -0.4 is 0 Å². The fourth-order valence-electron chi connectivity index (χ4n) is 9.13. The van der Waals surface area contributed by atoms with Gasteiger partial charge in [0, 0.05) is 31.6 Å². The van der Waals surface area contributed by atoms with E-state index in [4.69, 9.17) is 9.47 Å². The number of hydrogen-bond acceptors (Lipinski definition) is 5. The lowest BCUT2D eigenvalue weighted by atomic mass is 9.48. The average molecular weight is 498 g/mol. The molecule has 1 aliphatic heterocycles. The normalized spacial score (nSPS) is 45.5. The Morgan fingerprint density at radius 2 is 1.83 bits per heavy atom. The molecule has 2 N–H and O–H groups in total. The summed E-state index contributed by atoms with van der Waals surface area (Å²) in [4.78, 5) is 2.35. The number of rotatable bonds is 3. The molecule has 6 aliphatic rings. The van der Waals surface area contributed by atoms with Crippen molar-refractivity contribution in [1.29, 1.82) is 0 Å². The predicted octanol–water partition coefficient (Wildman–Crippen LogP) is 5.34. The van der Waals surface area contributed by atoms with Gasteiger partial charge < -0.3 is 24.6 Å². The maximum atomic E-state index is 12.2. The van der Waals surface area contributed by atoms with Crippen molar-refractivity contribution in [3.05, 3.63) is 35.1 Å². The third-order valence-electron chi connectivity index (χ3n) is 11.5. The number of hydrogen-bond donors (Lipinski definition) is 2. The second kappa shape index (κ2) is 8.43. The minimum atomic E-state index is -0.828. The van der Waals surface area contributed by atoms with Crippen molar-refractivity contribution in [2.45, 2.75) is 109 Å². The number of allylic oxidation sites excluding steroid dienone is 4. The molecule has 1 saturated heterocycles. The number of aliphatic hydroxyl groups is 2. The Labute approximate surface area is 217 Å². The summed E-state index contributed by atoms with van der Waals surface area (Å²) in [5.41, 5.74) is 3.26. The Hall–Kier alpha value is -1.14. The van der Waals surface area contributed by atoms with Crippen molar-refractivity contribution in [1.82, 2.24) is 4.90 Å². The third kappa shape index (κ3) is 3.63. The first-order valence-corrected chi connectivity index (χ1v) is 14.5. The van der Waals surface area contributed by atoms with E-state index in [-0.39, 0.29) is 16.9 Å². The van der Waals surface area contributed by atoms with Gasteiger partial charge in [-0.25, -0.2) is 0 Å². The zero-order valence-corrected chi connectivity index (χ0v) is 23.1. The molecule has 0 bridgehead atoms. The van der Waals surface area contributed by atoms with Gasteiger partial charge in [-0.05, 0) is 99.0 Å². The Bertz CT molecular complexity index is 993. The highest BCUT2D eigenvalue weighted by atomic mass is 16.7. The highest BCUT2D eigenvalue weighted by molar-refractivity contribution is 5.40. The van der Waals surface area contributed by atoms with Crippen LogP contribution in [0.15, 0.2) is 35.1 Å². The van der Waals surface area contributed by atoms with Gasteiger partial charge >= 0.3 is 0 Å². The molecule has 5 heteroatoms. The summed E-state index contributed by atoms with van der Waals surface area (Å²) >= 11 is 0. The van der Waals surface area contributed by atoms with Gasteiger partial charge in [0.1, 0.15) is 0 Å². The second-order valence-electron chi connectivity index (χ2n) is 13.7. The average Bonchev–Trinajstić information content (AvgIpc) is 3.41. The monoisotopic (exact) mass is 497 g/mol. The quantitative estimate of drug-likeness (QED) is 0.516. The summed E-state index contributed by atoms with van der Waals surface area (Å²) in [7, 11) is 2.18. The number of likely N-dealkylation sites (N-methyl/N-ethyl adjacent to an activating group) is 1. The number of nitrogens with zero attached hydrogens (tertiary/aromatic N) is 1. The van der Waals surface area contributed by atoms with Crippen LogP contribution in [-0.4, -0.2) is 58.9 Å². The van der Waals surface area contributed by atoms with E-state index in [1.54, 1.807) is 5.57 Å². The molecule has 1 unspecified atom stereocenters. The molecular weight excluding hydrogens is 450 g/mol. The van der Waals surface area contributed by atoms with E-state index in [1.165, 1.54) is 11.3 Å². The number of fused-ring (bicyclic) bond motifs is 4. The van der Waals surface area contributed by atoms with Crippen LogP contribution in [0, 0.1) is 28.6 Å². The summed E-state index contributed by atoms with van der Waals surface area (Å²) in [5.74, 6) is 0.715. The van der Waals surface area contributed by atoms with E-state index in [2.05, 4.69) is 57.9 Å². The molecular formula is C31H47NO4. The molecule has 200 valence electrons. The highest BCUT2D eigenvalue weighted by Gasteiger charge is 2.62. The Kier molecular flexibility index (Phi) is 5.89. The predicted molar refractivity (Wildman–Crippen MR) is 141 cm³/mol. The van der Waals surface area contributed by atoms with Crippen LogP contribution in [0.2, 0.25) is 0 Å². The molecule has 5 nitrogen and oxygen atoms in total. The summed E-state index contributed by atoms with van der Waals surface area (Å²) in [6.45, 7) is 10.5. The van der Waals surface area contributed by atoms with E-state index >= 15 is 0 Å². The van der Waals surface area contributed by atoms with Crippen molar-refractivity contribution < 1.29 is 19.7 Å². The van der Waals surface area contributed by atoms with Gasteiger partial charge in [0.2, 0.25) is 0 Å². The molecule has 0 aromatic carbocycles. The molecule has 1 spiro atoms. The van der Waals surface area contributed by atoms with Gasteiger partial charge in [-0.3, -0.25) is 0 Å². The lowest BCUT2D eigenvalue weighted by Gasteiger charge is -2.58. The van der Waals surface area contributed by atoms with Crippen LogP contribution in [0.5, 0.6) is 0 Å². The maximum Gasteiger partial charge on any atom is 0.171 e. The molecule has 5 aliphatic carbocycles. The first-order valence-electron chi connectivity index (χ1n) is 14.5. The molecule has 3 saturated carbocycles. The van der Waals surface area contributed by atoms with Crippen LogP contribution in [-0.2, 0) is 9.47 Å². The fraction of sp³-hybridized carbons (Fsp3) is 0.806. The summed E-state index contributed by atoms with van der Waals surface area (Å²) in [6.07, 6.45) is 15.1. The largest absolute Gasteiger partial charge is 0.393 e. The van der Waals surface area contributed by atoms with Gasteiger partial charge in [-0.2, -0.15) is 0 Å². The lowest BCUT2D eigenvalue weighted by Crippen LogP contribution is -2.55. The molecule has 1 heterocycles. The maximum absolute atomic E-state index is 12.2. The van der Waals surface area contributed by atoms with Gasteiger partial charge in [-0.15, -0.1) is 0 Å². The van der Waals surface area contributed by atoms with Gasteiger partial charge in [0.25, 0.3) is 0 Å². The number of ether oxygens (including phenoxy) is 2. The molecule has 36 heavy (non-hydrogen) atoms. The van der Waals surface area contributed by atoms with Crippen molar-refractivity contribution in [3.8, 4) is 0 Å². The van der Waals surface area contributed by atoms with Crippen LogP contribution in [0.3, 0.4) is 0 Å². The van der Waals surface area contributed by atoms with Crippen LogP contribution in [0.1, 0.15) is 85.5 Å². The van der Waals surface area contributed by atoms with E-state index < -0.39 is 11.4 Å². The Morgan fingerprint density at radius 1 is 1.08 bits per heavy atom. The SMILES string of the molecule is CC(C)N(C)C1=CCC(C)([C@H]2C[C@]3(C)[C@@H](O)CC[C@H]3[C@@H]3CC[C@@]4(O)CC5(CCC4=C32)OCCO5)C=C1. The minimum Gasteiger partial charge on any atom is -0.393 e. The molecule has 7 atom stereocenters. The minimum absolute atomic E-state index is 0.0219. The molecule has 0 aromatic heterocycles. The van der Waals surface area contributed by atoms with Crippen molar-refractivity contribution in [2.24, 2.45) is 28.6 Å².